The highest BCUT2D eigenvalue weighted by Crippen LogP contribution is 2.07. The quantitative estimate of drug-likeness (QED) is 0.357. The van der Waals surface area contributed by atoms with Gasteiger partial charge < -0.3 is 30.6 Å². The monoisotopic (exact) mass is 402 g/mol. The Balaban J connectivity index is 0. The van der Waals surface area contributed by atoms with Crippen molar-refractivity contribution in [3.8, 4) is 0 Å². The topological polar surface area (TPSA) is 224 Å². The van der Waals surface area contributed by atoms with Crippen molar-refractivity contribution in [1.29, 1.82) is 0 Å². The standard InChI is InChI=1S/C8H6O4.2C4H6O4/c9-7(10)5-3-1-2-4-6(5)8(11)12;2*5-3(6)1-2-4(7)8/h1-4H,(H,9,10)(H,11,12);2*1-2H2,(H,5,6)(H,7,8). The van der Waals surface area contributed by atoms with Gasteiger partial charge in [-0.2, -0.15) is 0 Å². The zero-order valence-electron chi connectivity index (χ0n) is 14.3. The van der Waals surface area contributed by atoms with Crippen LogP contribution < -0.4 is 0 Å². The molecule has 0 unspecified atom stereocenters. The summed E-state index contributed by atoms with van der Waals surface area (Å²) in [5.74, 6) is -6.76. The van der Waals surface area contributed by atoms with Gasteiger partial charge in [-0.1, -0.05) is 12.1 Å². The van der Waals surface area contributed by atoms with Crippen LogP contribution in [0.5, 0.6) is 0 Å². The van der Waals surface area contributed by atoms with Crippen molar-refractivity contribution in [2.45, 2.75) is 25.7 Å². The molecule has 0 bridgehead atoms. The number of carboxylic acid groups (broad SMARTS) is 6. The van der Waals surface area contributed by atoms with Crippen LogP contribution in [0.2, 0.25) is 0 Å². The first-order chi connectivity index (χ1) is 12.9. The van der Waals surface area contributed by atoms with Gasteiger partial charge in [0.05, 0.1) is 36.8 Å². The summed E-state index contributed by atoms with van der Waals surface area (Å²) in [5.41, 5.74) is -0.380. The summed E-state index contributed by atoms with van der Waals surface area (Å²) in [6, 6.07) is 5.48. The van der Waals surface area contributed by atoms with Crippen LogP contribution in [0.25, 0.3) is 0 Å². The number of hydrogen-bond donors (Lipinski definition) is 6. The average Bonchev–Trinajstić information content (AvgIpc) is 2.59. The SMILES string of the molecule is O=C(O)CCC(=O)O.O=C(O)CCC(=O)O.O=C(O)c1ccccc1C(=O)O. The summed E-state index contributed by atoms with van der Waals surface area (Å²) in [6.07, 6.45) is -1.19. The fourth-order valence-electron chi connectivity index (χ4n) is 1.28. The number of aliphatic carboxylic acids is 4. The summed E-state index contributed by atoms with van der Waals surface area (Å²) in [5, 5.41) is 48.7. The van der Waals surface area contributed by atoms with E-state index in [4.69, 9.17) is 30.6 Å². The van der Waals surface area contributed by atoms with Crippen LogP contribution in [0, 0.1) is 0 Å². The second-order valence-corrected chi connectivity index (χ2v) is 4.73. The Labute approximate surface area is 157 Å². The highest BCUT2D eigenvalue weighted by molar-refractivity contribution is 6.01. The predicted octanol–water partition coefficient (Wildman–Crippen LogP) is 0.955. The first-order valence-electron chi connectivity index (χ1n) is 7.31. The molecule has 28 heavy (non-hydrogen) atoms. The second kappa shape index (κ2) is 14.2. The van der Waals surface area contributed by atoms with Crippen molar-refractivity contribution in [2.75, 3.05) is 0 Å². The van der Waals surface area contributed by atoms with E-state index < -0.39 is 35.8 Å². The molecular weight excluding hydrogens is 384 g/mol. The van der Waals surface area contributed by atoms with Gasteiger partial charge in [0, 0.05) is 0 Å². The molecule has 1 aromatic carbocycles. The van der Waals surface area contributed by atoms with Crippen LogP contribution >= 0.6 is 0 Å². The van der Waals surface area contributed by atoms with Crippen LogP contribution in [-0.2, 0) is 19.2 Å². The van der Waals surface area contributed by atoms with Crippen molar-refractivity contribution < 1.29 is 59.4 Å². The molecule has 1 rings (SSSR count). The zero-order chi connectivity index (χ0) is 22.3. The lowest BCUT2D eigenvalue weighted by molar-refractivity contribution is -0.143. The number of carboxylic acids is 6. The molecule has 0 radical (unpaired) electrons. The van der Waals surface area contributed by atoms with E-state index in [1.54, 1.807) is 0 Å². The van der Waals surface area contributed by atoms with Gasteiger partial charge in [-0.15, -0.1) is 0 Å². The first-order valence-corrected chi connectivity index (χ1v) is 7.31. The Morgan fingerprint density at radius 3 is 0.857 bits per heavy atom. The largest absolute Gasteiger partial charge is 0.481 e. The second-order valence-electron chi connectivity index (χ2n) is 4.73. The fraction of sp³-hybridized carbons (Fsp3) is 0.250. The number of benzene rings is 1. The lowest BCUT2D eigenvalue weighted by atomic mass is 10.1. The van der Waals surface area contributed by atoms with E-state index in [-0.39, 0.29) is 36.8 Å². The summed E-state index contributed by atoms with van der Waals surface area (Å²) in [7, 11) is 0. The maximum atomic E-state index is 10.5. The minimum atomic E-state index is -1.23. The smallest absolute Gasteiger partial charge is 0.336 e. The Morgan fingerprint density at radius 2 is 0.714 bits per heavy atom. The van der Waals surface area contributed by atoms with Crippen LogP contribution in [0.3, 0.4) is 0 Å². The van der Waals surface area contributed by atoms with E-state index in [0.29, 0.717) is 0 Å². The Morgan fingerprint density at radius 1 is 0.500 bits per heavy atom. The molecule has 154 valence electrons. The molecule has 6 N–H and O–H groups in total. The minimum Gasteiger partial charge on any atom is -0.481 e. The van der Waals surface area contributed by atoms with Crippen LogP contribution in [0.15, 0.2) is 24.3 Å². The van der Waals surface area contributed by atoms with Gasteiger partial charge in [-0.25, -0.2) is 9.59 Å². The molecule has 0 saturated heterocycles. The van der Waals surface area contributed by atoms with E-state index in [1.165, 1.54) is 24.3 Å². The van der Waals surface area contributed by atoms with E-state index in [9.17, 15) is 28.8 Å². The average molecular weight is 402 g/mol. The summed E-state index contributed by atoms with van der Waals surface area (Å²) in [6.45, 7) is 0. The van der Waals surface area contributed by atoms with E-state index in [1.807, 2.05) is 0 Å². The maximum Gasteiger partial charge on any atom is 0.336 e. The molecular formula is C16H18O12. The molecule has 12 nitrogen and oxygen atoms in total. The minimum absolute atomic E-state index is 0.190. The Bertz CT molecular complexity index is 633. The Kier molecular flexibility index (Phi) is 13.4. The first kappa shape index (κ1) is 26.3. The van der Waals surface area contributed by atoms with Crippen molar-refractivity contribution in [1.82, 2.24) is 0 Å². The molecule has 0 fully saturated rings. The zero-order valence-corrected chi connectivity index (χ0v) is 14.3. The molecule has 1 aromatic rings. The fourth-order valence-corrected chi connectivity index (χ4v) is 1.28. The van der Waals surface area contributed by atoms with Gasteiger partial charge in [0.1, 0.15) is 0 Å². The van der Waals surface area contributed by atoms with Gasteiger partial charge in [0.15, 0.2) is 0 Å². The highest BCUT2D eigenvalue weighted by atomic mass is 16.4. The molecule has 12 heteroatoms. The third-order valence-electron chi connectivity index (χ3n) is 2.49. The summed E-state index contributed by atoms with van der Waals surface area (Å²) >= 11 is 0. The van der Waals surface area contributed by atoms with Crippen molar-refractivity contribution >= 4 is 35.8 Å². The number of hydrogen-bond acceptors (Lipinski definition) is 6. The van der Waals surface area contributed by atoms with Crippen LogP contribution in [-0.4, -0.2) is 66.5 Å². The lowest BCUT2D eigenvalue weighted by Gasteiger charge is -1.98. The molecule has 0 heterocycles. The summed E-state index contributed by atoms with van der Waals surface area (Å²) < 4.78 is 0. The van der Waals surface area contributed by atoms with Gasteiger partial charge in [0.25, 0.3) is 0 Å². The number of carbonyl (C=O) groups is 6. The highest BCUT2D eigenvalue weighted by Gasteiger charge is 2.13. The van der Waals surface area contributed by atoms with Crippen molar-refractivity contribution in [3.63, 3.8) is 0 Å². The van der Waals surface area contributed by atoms with E-state index in [0.717, 1.165) is 0 Å². The van der Waals surface area contributed by atoms with Crippen molar-refractivity contribution in [3.05, 3.63) is 35.4 Å². The van der Waals surface area contributed by atoms with Crippen LogP contribution in [0.4, 0.5) is 0 Å². The molecule has 0 atom stereocenters. The normalized spacial score (nSPS) is 8.86. The molecule has 0 spiro atoms. The molecule has 0 aliphatic rings. The third kappa shape index (κ3) is 15.6. The predicted molar refractivity (Wildman–Crippen MR) is 89.4 cm³/mol. The van der Waals surface area contributed by atoms with Gasteiger partial charge in [0.2, 0.25) is 0 Å². The molecule has 0 saturated carbocycles. The van der Waals surface area contributed by atoms with E-state index >= 15 is 0 Å². The number of aromatic carboxylic acids is 2. The van der Waals surface area contributed by atoms with Gasteiger partial charge in [-0.05, 0) is 12.1 Å². The molecule has 0 aromatic heterocycles. The molecule has 0 amide bonds. The maximum absolute atomic E-state index is 10.5. The van der Waals surface area contributed by atoms with Crippen LogP contribution in [0.1, 0.15) is 46.4 Å². The van der Waals surface area contributed by atoms with Gasteiger partial charge in [-0.3, -0.25) is 19.2 Å². The third-order valence-corrected chi connectivity index (χ3v) is 2.49. The Hall–Kier alpha value is -3.96. The lowest BCUT2D eigenvalue weighted by Crippen LogP contribution is -2.06. The molecule has 0 aliphatic heterocycles. The van der Waals surface area contributed by atoms with Gasteiger partial charge >= 0.3 is 35.8 Å². The summed E-state index contributed by atoms with van der Waals surface area (Å²) in [4.78, 5) is 59.5. The van der Waals surface area contributed by atoms with E-state index in [2.05, 4.69) is 0 Å². The molecule has 0 aliphatic carbocycles. The van der Waals surface area contributed by atoms with Crippen molar-refractivity contribution in [2.24, 2.45) is 0 Å². The number of rotatable bonds is 8.